The lowest BCUT2D eigenvalue weighted by atomic mass is 10.2. The van der Waals surface area contributed by atoms with E-state index in [1.165, 1.54) is 5.56 Å². The van der Waals surface area contributed by atoms with E-state index >= 15 is 0 Å². The van der Waals surface area contributed by atoms with Crippen LogP contribution in [0.1, 0.15) is 11.3 Å². The van der Waals surface area contributed by atoms with Crippen molar-refractivity contribution in [3.63, 3.8) is 0 Å². The Morgan fingerprint density at radius 1 is 1.03 bits per heavy atom. The second-order valence-electron chi connectivity index (χ2n) is 7.47. The molecular formula is C23H22ClN5O2S. The minimum absolute atomic E-state index is 0.514. The van der Waals surface area contributed by atoms with E-state index in [2.05, 4.69) is 55.8 Å². The average Bonchev–Trinajstić information content (AvgIpc) is 3.46. The molecule has 0 unspecified atom stereocenters. The van der Waals surface area contributed by atoms with Crippen LogP contribution in [-0.4, -0.2) is 46.1 Å². The van der Waals surface area contributed by atoms with Crippen molar-refractivity contribution in [1.29, 1.82) is 0 Å². The van der Waals surface area contributed by atoms with Crippen LogP contribution in [0.4, 0.5) is 5.95 Å². The number of nitrogens with zero attached hydrogens (tertiary/aromatic N) is 5. The molecule has 9 heteroatoms. The van der Waals surface area contributed by atoms with Crippen LogP contribution in [-0.2, 0) is 10.5 Å². The topological polar surface area (TPSA) is 69.2 Å². The standard InChI is InChI=1S/C23H22ClN5O2S/c1-16-6-8-18(9-7-16)29-22(28-10-12-30-13-11-28)26-27-23(29)32-15-17-14-31-21(25-17)19-4-2-3-5-20(19)24/h2-9,14H,10-13,15H2,1H3. The van der Waals surface area contributed by atoms with Gasteiger partial charge in [-0.3, -0.25) is 4.57 Å². The van der Waals surface area contributed by atoms with Gasteiger partial charge in [-0.05, 0) is 31.2 Å². The molecule has 164 valence electrons. The van der Waals surface area contributed by atoms with Gasteiger partial charge in [0.25, 0.3) is 0 Å². The Morgan fingerprint density at radius 3 is 2.59 bits per heavy atom. The Balaban J connectivity index is 1.41. The van der Waals surface area contributed by atoms with Crippen molar-refractivity contribution in [2.75, 3.05) is 31.2 Å². The SMILES string of the molecule is Cc1ccc(-n2c(SCc3coc(-c4ccccc4Cl)n3)nnc2N2CCOCC2)cc1. The molecule has 0 radical (unpaired) electrons. The molecule has 2 aromatic carbocycles. The minimum Gasteiger partial charge on any atom is -0.444 e. The molecule has 0 saturated carbocycles. The van der Waals surface area contributed by atoms with Crippen molar-refractivity contribution in [2.45, 2.75) is 17.8 Å². The zero-order valence-electron chi connectivity index (χ0n) is 17.6. The van der Waals surface area contributed by atoms with E-state index < -0.39 is 0 Å². The number of aromatic nitrogens is 4. The van der Waals surface area contributed by atoms with Gasteiger partial charge >= 0.3 is 0 Å². The number of anilines is 1. The fourth-order valence-corrected chi connectivity index (χ4v) is 4.55. The molecule has 1 aliphatic rings. The molecule has 7 nitrogen and oxygen atoms in total. The van der Waals surface area contributed by atoms with Crippen molar-refractivity contribution in [2.24, 2.45) is 0 Å². The highest BCUT2D eigenvalue weighted by atomic mass is 35.5. The van der Waals surface area contributed by atoms with Crippen LogP contribution in [0.15, 0.2) is 64.4 Å². The molecule has 32 heavy (non-hydrogen) atoms. The van der Waals surface area contributed by atoms with Crippen LogP contribution >= 0.6 is 23.4 Å². The molecule has 0 bridgehead atoms. The molecule has 1 aliphatic heterocycles. The van der Waals surface area contributed by atoms with Gasteiger partial charge < -0.3 is 14.1 Å². The normalized spacial score (nSPS) is 14.1. The summed E-state index contributed by atoms with van der Waals surface area (Å²) in [7, 11) is 0. The molecule has 4 aromatic rings. The maximum absolute atomic E-state index is 6.28. The predicted octanol–water partition coefficient (Wildman–Crippen LogP) is 5.01. The molecule has 5 rings (SSSR count). The summed E-state index contributed by atoms with van der Waals surface area (Å²) in [5.74, 6) is 1.94. The van der Waals surface area contributed by atoms with E-state index in [9.17, 15) is 0 Å². The smallest absolute Gasteiger partial charge is 0.232 e. The molecule has 0 amide bonds. The predicted molar refractivity (Wildman–Crippen MR) is 126 cm³/mol. The second-order valence-corrected chi connectivity index (χ2v) is 8.82. The van der Waals surface area contributed by atoms with Crippen LogP contribution in [0.3, 0.4) is 0 Å². The highest BCUT2D eigenvalue weighted by Gasteiger charge is 2.22. The number of ether oxygens (including phenoxy) is 1. The summed E-state index contributed by atoms with van der Waals surface area (Å²) < 4.78 is 13.3. The minimum atomic E-state index is 0.514. The quantitative estimate of drug-likeness (QED) is 0.369. The number of aryl methyl sites for hydroxylation is 1. The zero-order chi connectivity index (χ0) is 21.9. The first-order chi connectivity index (χ1) is 15.7. The molecule has 0 atom stereocenters. The van der Waals surface area contributed by atoms with Crippen LogP contribution in [0.2, 0.25) is 5.02 Å². The van der Waals surface area contributed by atoms with Crippen molar-refractivity contribution < 1.29 is 9.15 Å². The highest BCUT2D eigenvalue weighted by molar-refractivity contribution is 7.98. The lowest BCUT2D eigenvalue weighted by Crippen LogP contribution is -2.37. The summed E-state index contributed by atoms with van der Waals surface area (Å²) in [6, 6.07) is 15.9. The van der Waals surface area contributed by atoms with Gasteiger partial charge in [-0.2, -0.15) is 0 Å². The van der Waals surface area contributed by atoms with Gasteiger partial charge in [-0.1, -0.05) is 53.2 Å². The van der Waals surface area contributed by atoms with Crippen LogP contribution in [0, 0.1) is 6.92 Å². The maximum Gasteiger partial charge on any atom is 0.232 e. The lowest BCUT2D eigenvalue weighted by molar-refractivity contribution is 0.122. The van der Waals surface area contributed by atoms with Gasteiger partial charge in [-0.25, -0.2) is 4.98 Å². The lowest BCUT2D eigenvalue weighted by Gasteiger charge is -2.27. The summed E-state index contributed by atoms with van der Waals surface area (Å²) in [6.07, 6.45) is 1.67. The molecule has 0 aliphatic carbocycles. The number of hydrogen-bond acceptors (Lipinski definition) is 7. The van der Waals surface area contributed by atoms with Gasteiger partial charge in [-0.15, -0.1) is 10.2 Å². The van der Waals surface area contributed by atoms with Gasteiger partial charge in [0.05, 0.1) is 35.2 Å². The Morgan fingerprint density at radius 2 is 1.81 bits per heavy atom. The summed E-state index contributed by atoms with van der Waals surface area (Å²) in [6.45, 7) is 5.04. The Bertz CT molecular complexity index is 1200. The van der Waals surface area contributed by atoms with E-state index in [0.29, 0.717) is 29.9 Å². The average molecular weight is 468 g/mol. The third-order valence-electron chi connectivity index (χ3n) is 5.21. The van der Waals surface area contributed by atoms with Crippen LogP contribution < -0.4 is 4.90 Å². The number of oxazole rings is 1. The molecule has 2 aromatic heterocycles. The molecular weight excluding hydrogens is 446 g/mol. The maximum atomic E-state index is 6.28. The Hall–Kier alpha value is -2.81. The van der Waals surface area contributed by atoms with Gasteiger partial charge in [0.1, 0.15) is 6.26 Å². The van der Waals surface area contributed by atoms with E-state index in [4.69, 9.17) is 20.8 Å². The summed E-state index contributed by atoms with van der Waals surface area (Å²) in [5.41, 5.74) is 3.83. The molecule has 3 heterocycles. The number of halogens is 1. The van der Waals surface area contributed by atoms with Gasteiger partial charge in [0, 0.05) is 18.8 Å². The van der Waals surface area contributed by atoms with E-state index in [0.717, 1.165) is 41.1 Å². The first-order valence-electron chi connectivity index (χ1n) is 10.4. The molecule has 1 fully saturated rings. The second kappa shape index (κ2) is 9.36. The van der Waals surface area contributed by atoms with Crippen molar-refractivity contribution >= 4 is 29.3 Å². The number of thioether (sulfide) groups is 1. The Kier molecular flexibility index (Phi) is 6.16. The largest absolute Gasteiger partial charge is 0.444 e. The summed E-state index contributed by atoms with van der Waals surface area (Å²) >= 11 is 7.85. The van der Waals surface area contributed by atoms with E-state index in [1.807, 2.05) is 24.3 Å². The van der Waals surface area contributed by atoms with E-state index in [-0.39, 0.29) is 0 Å². The van der Waals surface area contributed by atoms with Crippen LogP contribution in [0.5, 0.6) is 0 Å². The van der Waals surface area contributed by atoms with E-state index in [1.54, 1.807) is 18.0 Å². The highest BCUT2D eigenvalue weighted by Crippen LogP contribution is 2.31. The fraction of sp³-hybridized carbons (Fsp3) is 0.261. The zero-order valence-corrected chi connectivity index (χ0v) is 19.1. The first-order valence-corrected chi connectivity index (χ1v) is 11.7. The fourth-order valence-electron chi connectivity index (χ4n) is 3.51. The summed E-state index contributed by atoms with van der Waals surface area (Å²) in [4.78, 5) is 6.83. The number of benzene rings is 2. The number of morpholine rings is 1. The third-order valence-corrected chi connectivity index (χ3v) is 6.50. The number of hydrogen-bond donors (Lipinski definition) is 0. The van der Waals surface area contributed by atoms with Crippen molar-refractivity contribution in [3.05, 3.63) is 71.1 Å². The third kappa shape index (κ3) is 4.39. The molecule has 0 N–H and O–H groups in total. The van der Waals surface area contributed by atoms with Crippen LogP contribution in [0.25, 0.3) is 17.1 Å². The molecule has 0 spiro atoms. The van der Waals surface area contributed by atoms with Gasteiger partial charge in [0.2, 0.25) is 11.8 Å². The Labute approximate surface area is 195 Å². The van der Waals surface area contributed by atoms with Crippen molar-refractivity contribution in [3.8, 4) is 17.1 Å². The summed E-state index contributed by atoms with van der Waals surface area (Å²) in [5, 5.41) is 10.4. The first kappa shape index (κ1) is 21.1. The molecule has 1 saturated heterocycles. The monoisotopic (exact) mass is 467 g/mol. The number of rotatable bonds is 6. The van der Waals surface area contributed by atoms with Crippen molar-refractivity contribution in [1.82, 2.24) is 19.7 Å². The van der Waals surface area contributed by atoms with Gasteiger partial charge in [0.15, 0.2) is 5.16 Å².